The second kappa shape index (κ2) is 6.02. The van der Waals surface area contributed by atoms with Gasteiger partial charge in [0, 0.05) is 12.2 Å². The molecule has 0 unspecified atom stereocenters. The zero-order valence-corrected chi connectivity index (χ0v) is 12.1. The van der Waals surface area contributed by atoms with E-state index in [1.807, 2.05) is 0 Å². The molecule has 1 heterocycles. The van der Waals surface area contributed by atoms with Crippen LogP contribution < -0.4 is 4.90 Å². The molecule has 0 spiro atoms. The molecule has 1 aromatic carbocycles. The average molecular weight is 391 g/mol. The molecule has 12 heteroatoms. The molecule has 0 radical (unpaired) electrons. The first-order chi connectivity index (χ1) is 11.6. The van der Waals surface area contributed by atoms with Gasteiger partial charge >= 0.3 is 18.5 Å². The summed E-state index contributed by atoms with van der Waals surface area (Å²) in [4.78, 5) is 23.1. The van der Waals surface area contributed by atoms with Gasteiger partial charge in [-0.1, -0.05) is 0 Å². The van der Waals surface area contributed by atoms with E-state index in [9.17, 15) is 49.1 Å². The topological polar surface area (TPSA) is 37.4 Å². The van der Waals surface area contributed by atoms with Crippen LogP contribution in [0.2, 0.25) is 0 Å². The van der Waals surface area contributed by atoms with Gasteiger partial charge in [0.2, 0.25) is 0 Å². The van der Waals surface area contributed by atoms with Crippen molar-refractivity contribution in [2.24, 2.45) is 0 Å². The number of benzene rings is 1. The Morgan fingerprint density at radius 1 is 0.731 bits per heavy atom. The lowest BCUT2D eigenvalue weighted by Gasteiger charge is -2.25. The van der Waals surface area contributed by atoms with Gasteiger partial charge in [0.15, 0.2) is 5.92 Å². The van der Waals surface area contributed by atoms with Crippen molar-refractivity contribution in [1.29, 1.82) is 0 Å². The van der Waals surface area contributed by atoms with E-state index in [4.69, 9.17) is 0 Å². The molecule has 0 aliphatic carbocycles. The molecule has 2 rings (SSSR count). The predicted molar refractivity (Wildman–Crippen MR) is 67.9 cm³/mol. The smallest absolute Gasteiger partial charge is 0.269 e. The lowest BCUT2D eigenvalue weighted by atomic mass is 9.94. The molecule has 1 aromatic rings. The largest absolute Gasteiger partial charge is 0.416 e. The zero-order valence-electron chi connectivity index (χ0n) is 12.1. The van der Waals surface area contributed by atoms with Crippen LogP contribution in [0.15, 0.2) is 30.4 Å². The molecule has 26 heavy (non-hydrogen) atoms. The number of anilines is 1. The van der Waals surface area contributed by atoms with Crippen LogP contribution in [0.1, 0.15) is 17.0 Å². The molecule has 1 aliphatic heterocycles. The van der Waals surface area contributed by atoms with Gasteiger partial charge in [-0.05, 0) is 23.8 Å². The Balaban J connectivity index is 2.72. The molecule has 2 amide bonds. The van der Waals surface area contributed by atoms with Crippen LogP contribution in [0.5, 0.6) is 0 Å². The summed E-state index contributed by atoms with van der Waals surface area (Å²) in [5.74, 6) is -6.62. The van der Waals surface area contributed by atoms with Crippen molar-refractivity contribution in [2.75, 3.05) is 4.90 Å². The van der Waals surface area contributed by atoms with Crippen molar-refractivity contribution in [3.63, 3.8) is 0 Å². The fourth-order valence-electron chi connectivity index (χ4n) is 2.31. The third kappa shape index (κ3) is 3.83. The van der Waals surface area contributed by atoms with Crippen molar-refractivity contribution in [2.45, 2.75) is 24.4 Å². The number of carbonyl (C=O) groups is 2. The highest BCUT2D eigenvalue weighted by molar-refractivity contribution is 6.28. The van der Waals surface area contributed by atoms with E-state index in [1.54, 1.807) is 0 Å². The molecule has 0 bridgehead atoms. The van der Waals surface area contributed by atoms with Gasteiger partial charge in [0.1, 0.15) is 0 Å². The second-order valence-electron chi connectivity index (χ2n) is 5.17. The summed E-state index contributed by atoms with van der Waals surface area (Å²) in [6.45, 7) is 0. The number of amides is 2. The van der Waals surface area contributed by atoms with E-state index in [1.165, 1.54) is 0 Å². The molecular formula is C14H6F9NO2. The summed E-state index contributed by atoms with van der Waals surface area (Å²) >= 11 is 0. The first-order valence-corrected chi connectivity index (χ1v) is 6.54. The van der Waals surface area contributed by atoms with E-state index in [-0.39, 0.29) is 23.1 Å². The van der Waals surface area contributed by atoms with E-state index in [0.717, 1.165) is 0 Å². The van der Waals surface area contributed by atoms with Gasteiger partial charge in [0.05, 0.1) is 11.3 Å². The van der Waals surface area contributed by atoms with Crippen LogP contribution in [0.4, 0.5) is 45.2 Å². The van der Waals surface area contributed by atoms with Crippen LogP contribution in [-0.4, -0.2) is 24.2 Å². The standard InChI is InChI=1S/C14H6F9NO2/c15-12(16,17)7-3-6(11(13(18,19)20)14(21,22)23)4-8(5-7)24-9(25)1-2-10(24)26/h1-5,11H. The number of hydrogen-bond donors (Lipinski definition) is 0. The quantitative estimate of drug-likeness (QED) is 0.556. The predicted octanol–water partition coefficient (Wildman–Crippen LogP) is 4.34. The Hall–Kier alpha value is -2.53. The maximum absolute atomic E-state index is 12.9. The SMILES string of the molecule is O=C1C=CC(=O)N1c1cc(C(C(F)(F)F)C(F)(F)F)cc(C(F)(F)F)c1. The molecule has 0 aromatic heterocycles. The van der Waals surface area contributed by atoms with Crippen molar-refractivity contribution < 1.29 is 49.1 Å². The molecule has 3 nitrogen and oxygen atoms in total. The summed E-state index contributed by atoms with van der Waals surface area (Å²) in [6, 6.07) is -0.104. The maximum atomic E-state index is 12.9. The molecular weight excluding hydrogens is 385 g/mol. The Bertz CT molecular complexity index is 742. The highest BCUT2D eigenvalue weighted by Gasteiger charge is 2.58. The Morgan fingerprint density at radius 2 is 1.19 bits per heavy atom. The lowest BCUT2D eigenvalue weighted by Crippen LogP contribution is -2.35. The molecule has 0 saturated carbocycles. The monoisotopic (exact) mass is 391 g/mol. The fourth-order valence-corrected chi connectivity index (χ4v) is 2.31. The van der Waals surface area contributed by atoms with Crippen LogP contribution in [0.25, 0.3) is 0 Å². The number of imide groups is 1. The number of rotatable bonds is 2. The summed E-state index contributed by atoms with van der Waals surface area (Å²) in [7, 11) is 0. The fraction of sp³-hybridized carbons (Fsp3) is 0.286. The van der Waals surface area contributed by atoms with Gasteiger partial charge in [0.25, 0.3) is 11.8 Å². The molecule has 1 aliphatic rings. The molecule has 0 saturated heterocycles. The molecule has 0 N–H and O–H groups in total. The van der Waals surface area contributed by atoms with Crippen molar-refractivity contribution in [3.05, 3.63) is 41.5 Å². The third-order valence-corrected chi connectivity index (χ3v) is 3.32. The molecule has 0 atom stereocenters. The number of nitrogens with zero attached hydrogens (tertiary/aromatic N) is 1. The van der Waals surface area contributed by atoms with Gasteiger partial charge in [-0.2, -0.15) is 39.5 Å². The second-order valence-corrected chi connectivity index (χ2v) is 5.17. The minimum atomic E-state index is -5.95. The van der Waals surface area contributed by atoms with E-state index < -0.39 is 53.1 Å². The third-order valence-electron chi connectivity index (χ3n) is 3.32. The van der Waals surface area contributed by atoms with Crippen molar-refractivity contribution in [3.8, 4) is 0 Å². The highest BCUT2D eigenvalue weighted by Crippen LogP contribution is 2.48. The number of carbonyl (C=O) groups excluding carboxylic acids is 2. The Kier molecular flexibility index (Phi) is 4.58. The van der Waals surface area contributed by atoms with Crippen LogP contribution in [0, 0.1) is 0 Å². The van der Waals surface area contributed by atoms with Gasteiger partial charge < -0.3 is 0 Å². The summed E-state index contributed by atoms with van der Waals surface area (Å²) in [5.41, 5.74) is -4.70. The average Bonchev–Trinajstić information content (AvgIpc) is 2.73. The van der Waals surface area contributed by atoms with E-state index in [0.29, 0.717) is 12.2 Å². The lowest BCUT2D eigenvalue weighted by molar-refractivity contribution is -0.253. The number of halogens is 9. The summed E-state index contributed by atoms with van der Waals surface area (Å²) < 4.78 is 116. The minimum Gasteiger partial charge on any atom is -0.269 e. The Morgan fingerprint density at radius 3 is 1.58 bits per heavy atom. The van der Waals surface area contributed by atoms with E-state index >= 15 is 0 Å². The van der Waals surface area contributed by atoms with Gasteiger partial charge in [-0.25, -0.2) is 4.90 Å². The normalized spacial score (nSPS) is 16.2. The van der Waals surface area contributed by atoms with Crippen molar-refractivity contribution >= 4 is 17.5 Å². The first-order valence-electron chi connectivity index (χ1n) is 6.54. The Labute approximate surface area is 138 Å². The number of alkyl halides is 9. The first kappa shape index (κ1) is 19.8. The molecule has 0 fully saturated rings. The van der Waals surface area contributed by atoms with Crippen LogP contribution >= 0.6 is 0 Å². The van der Waals surface area contributed by atoms with Crippen LogP contribution in [-0.2, 0) is 15.8 Å². The summed E-state index contributed by atoms with van der Waals surface area (Å²) in [5, 5.41) is 0. The summed E-state index contributed by atoms with van der Waals surface area (Å²) in [6.07, 6.45) is -16.0. The van der Waals surface area contributed by atoms with Crippen LogP contribution in [0.3, 0.4) is 0 Å². The van der Waals surface area contributed by atoms with Gasteiger partial charge in [-0.3, -0.25) is 9.59 Å². The minimum absolute atomic E-state index is 0.0442. The number of hydrogen-bond acceptors (Lipinski definition) is 2. The zero-order chi connectivity index (χ0) is 20.1. The van der Waals surface area contributed by atoms with Crippen molar-refractivity contribution in [1.82, 2.24) is 0 Å². The maximum Gasteiger partial charge on any atom is 0.416 e. The highest BCUT2D eigenvalue weighted by atomic mass is 19.4. The van der Waals surface area contributed by atoms with E-state index in [2.05, 4.69) is 0 Å². The molecule has 142 valence electrons. The van der Waals surface area contributed by atoms with Gasteiger partial charge in [-0.15, -0.1) is 0 Å².